The van der Waals surface area contributed by atoms with Crippen molar-refractivity contribution in [2.45, 2.75) is 31.2 Å². The lowest BCUT2D eigenvalue weighted by molar-refractivity contribution is 0.576. The molecule has 0 amide bonds. The highest BCUT2D eigenvalue weighted by Gasteiger charge is 2.22. The quantitative estimate of drug-likeness (QED) is 0.859. The molecule has 2 aromatic rings. The average Bonchev–Trinajstić information content (AvgIpc) is 3.30. The molecule has 3 nitrogen and oxygen atoms in total. The minimum atomic E-state index is 0.493. The van der Waals surface area contributed by atoms with Gasteiger partial charge in [0.15, 0.2) is 0 Å². The summed E-state index contributed by atoms with van der Waals surface area (Å²) < 4.78 is 0. The Hall–Kier alpha value is -1.74. The molecule has 1 aromatic carbocycles. The number of hydrogen-bond donors (Lipinski definition) is 1. The Balaban J connectivity index is 1.71. The SMILES string of the molecule is c1ccc(C(CNC2CC2)Cc2cncnc2)cc1. The van der Waals surface area contributed by atoms with Crippen molar-refractivity contribution in [3.63, 3.8) is 0 Å². The Morgan fingerprint density at radius 1 is 1.11 bits per heavy atom. The van der Waals surface area contributed by atoms with Crippen LogP contribution in [0.25, 0.3) is 0 Å². The molecule has 1 atom stereocenters. The summed E-state index contributed by atoms with van der Waals surface area (Å²) in [5.41, 5.74) is 2.59. The van der Waals surface area contributed by atoms with E-state index < -0.39 is 0 Å². The van der Waals surface area contributed by atoms with Crippen LogP contribution in [0.15, 0.2) is 49.1 Å². The average molecular weight is 253 g/mol. The van der Waals surface area contributed by atoms with Gasteiger partial charge in [0.05, 0.1) is 0 Å². The van der Waals surface area contributed by atoms with E-state index in [2.05, 4.69) is 45.6 Å². The van der Waals surface area contributed by atoms with Crippen molar-refractivity contribution in [3.05, 3.63) is 60.2 Å². The summed E-state index contributed by atoms with van der Waals surface area (Å²) in [4.78, 5) is 8.21. The van der Waals surface area contributed by atoms with Gasteiger partial charge in [0.25, 0.3) is 0 Å². The predicted molar refractivity (Wildman–Crippen MR) is 75.9 cm³/mol. The fourth-order valence-corrected chi connectivity index (χ4v) is 2.35. The van der Waals surface area contributed by atoms with Crippen molar-refractivity contribution >= 4 is 0 Å². The molecule has 0 aliphatic heterocycles. The lowest BCUT2D eigenvalue weighted by Gasteiger charge is -2.18. The van der Waals surface area contributed by atoms with Crippen LogP contribution in [-0.2, 0) is 6.42 Å². The fraction of sp³-hybridized carbons (Fsp3) is 0.375. The molecule has 0 saturated heterocycles. The molecular formula is C16H19N3. The second-order valence-corrected chi connectivity index (χ2v) is 5.24. The van der Waals surface area contributed by atoms with Gasteiger partial charge in [0.2, 0.25) is 0 Å². The lowest BCUT2D eigenvalue weighted by atomic mass is 9.93. The third-order valence-electron chi connectivity index (χ3n) is 3.60. The third kappa shape index (κ3) is 3.61. The summed E-state index contributed by atoms with van der Waals surface area (Å²) in [5.74, 6) is 0.493. The van der Waals surface area contributed by atoms with Crippen molar-refractivity contribution in [1.82, 2.24) is 15.3 Å². The summed E-state index contributed by atoms with van der Waals surface area (Å²) in [6, 6.07) is 11.5. The zero-order valence-electron chi connectivity index (χ0n) is 11.0. The van der Waals surface area contributed by atoms with Crippen LogP contribution in [0.2, 0.25) is 0 Å². The molecule has 1 aromatic heterocycles. The molecule has 0 bridgehead atoms. The molecule has 3 rings (SSSR count). The van der Waals surface area contributed by atoms with Gasteiger partial charge in [-0.25, -0.2) is 9.97 Å². The number of hydrogen-bond acceptors (Lipinski definition) is 3. The second kappa shape index (κ2) is 5.93. The molecule has 3 heteroatoms. The first-order chi connectivity index (χ1) is 9.42. The van der Waals surface area contributed by atoms with Crippen molar-refractivity contribution in [2.24, 2.45) is 0 Å². The van der Waals surface area contributed by atoms with Crippen LogP contribution in [0.5, 0.6) is 0 Å². The van der Waals surface area contributed by atoms with Crippen LogP contribution in [0.4, 0.5) is 0 Å². The van der Waals surface area contributed by atoms with E-state index in [1.54, 1.807) is 6.33 Å². The summed E-state index contributed by atoms with van der Waals surface area (Å²) in [6.07, 6.45) is 9.07. The van der Waals surface area contributed by atoms with Crippen molar-refractivity contribution in [1.29, 1.82) is 0 Å². The van der Waals surface area contributed by atoms with E-state index in [1.165, 1.54) is 24.0 Å². The standard InChI is InChI=1S/C16H19N3/c1-2-4-14(5-3-1)15(11-19-16-6-7-16)8-13-9-17-12-18-10-13/h1-5,9-10,12,15-16,19H,6-8,11H2. The molecule has 1 unspecified atom stereocenters. The van der Waals surface area contributed by atoms with Gasteiger partial charge in [-0.2, -0.15) is 0 Å². The Kier molecular flexibility index (Phi) is 3.84. The maximum Gasteiger partial charge on any atom is 0.115 e. The highest BCUT2D eigenvalue weighted by atomic mass is 14.9. The monoisotopic (exact) mass is 253 g/mol. The Morgan fingerprint density at radius 3 is 2.53 bits per heavy atom. The van der Waals surface area contributed by atoms with Gasteiger partial charge >= 0.3 is 0 Å². The van der Waals surface area contributed by atoms with Gasteiger partial charge in [-0.05, 0) is 30.4 Å². The van der Waals surface area contributed by atoms with E-state index >= 15 is 0 Å². The number of rotatable bonds is 6. The maximum absolute atomic E-state index is 4.11. The smallest absolute Gasteiger partial charge is 0.115 e. The molecular weight excluding hydrogens is 234 g/mol. The van der Waals surface area contributed by atoms with Gasteiger partial charge in [-0.3, -0.25) is 0 Å². The molecule has 1 heterocycles. The van der Waals surface area contributed by atoms with Crippen LogP contribution in [0, 0.1) is 0 Å². The van der Waals surface area contributed by atoms with Gasteiger partial charge < -0.3 is 5.32 Å². The molecule has 1 aliphatic carbocycles. The Bertz CT molecular complexity index is 494. The summed E-state index contributed by atoms with van der Waals surface area (Å²) >= 11 is 0. The van der Waals surface area contributed by atoms with E-state index in [0.29, 0.717) is 5.92 Å². The van der Waals surface area contributed by atoms with E-state index in [-0.39, 0.29) is 0 Å². The molecule has 1 fully saturated rings. The normalized spacial score (nSPS) is 16.2. The zero-order chi connectivity index (χ0) is 12.9. The van der Waals surface area contributed by atoms with Crippen LogP contribution in [0.1, 0.15) is 29.9 Å². The molecule has 1 saturated carbocycles. The number of aromatic nitrogens is 2. The number of nitrogens with one attached hydrogen (secondary N) is 1. The topological polar surface area (TPSA) is 37.8 Å². The first kappa shape index (κ1) is 12.3. The lowest BCUT2D eigenvalue weighted by Crippen LogP contribution is -2.24. The molecule has 1 aliphatic rings. The Morgan fingerprint density at radius 2 is 1.84 bits per heavy atom. The van der Waals surface area contributed by atoms with Crippen molar-refractivity contribution < 1.29 is 0 Å². The maximum atomic E-state index is 4.11. The summed E-state index contributed by atoms with van der Waals surface area (Å²) in [6.45, 7) is 1.03. The van der Waals surface area contributed by atoms with Crippen LogP contribution < -0.4 is 5.32 Å². The highest BCUT2D eigenvalue weighted by molar-refractivity contribution is 5.22. The van der Waals surface area contributed by atoms with Crippen molar-refractivity contribution in [2.75, 3.05) is 6.54 Å². The molecule has 0 spiro atoms. The molecule has 98 valence electrons. The molecule has 0 radical (unpaired) electrons. The highest BCUT2D eigenvalue weighted by Crippen LogP contribution is 2.23. The van der Waals surface area contributed by atoms with Crippen LogP contribution in [0.3, 0.4) is 0 Å². The van der Waals surface area contributed by atoms with E-state index in [9.17, 15) is 0 Å². The minimum absolute atomic E-state index is 0.493. The third-order valence-corrected chi connectivity index (χ3v) is 3.60. The fourth-order valence-electron chi connectivity index (χ4n) is 2.35. The molecule has 1 N–H and O–H groups in total. The summed E-state index contributed by atoms with van der Waals surface area (Å²) in [5, 5.41) is 3.63. The summed E-state index contributed by atoms with van der Waals surface area (Å²) in [7, 11) is 0. The predicted octanol–water partition coefficient (Wildman–Crippen LogP) is 2.55. The second-order valence-electron chi connectivity index (χ2n) is 5.24. The van der Waals surface area contributed by atoms with Gasteiger partial charge in [-0.1, -0.05) is 30.3 Å². The van der Waals surface area contributed by atoms with E-state index in [0.717, 1.165) is 19.0 Å². The van der Waals surface area contributed by atoms with Crippen molar-refractivity contribution in [3.8, 4) is 0 Å². The Labute approximate surface area is 114 Å². The number of benzene rings is 1. The minimum Gasteiger partial charge on any atom is -0.313 e. The zero-order valence-corrected chi connectivity index (χ0v) is 11.0. The van der Waals surface area contributed by atoms with E-state index in [1.807, 2.05) is 12.4 Å². The van der Waals surface area contributed by atoms with Gasteiger partial charge in [0.1, 0.15) is 6.33 Å². The van der Waals surface area contributed by atoms with E-state index in [4.69, 9.17) is 0 Å². The first-order valence-electron chi connectivity index (χ1n) is 6.94. The van der Waals surface area contributed by atoms with Crippen LogP contribution in [-0.4, -0.2) is 22.6 Å². The van der Waals surface area contributed by atoms with Gasteiger partial charge in [0, 0.05) is 30.9 Å². The van der Waals surface area contributed by atoms with Crippen LogP contribution >= 0.6 is 0 Å². The molecule has 19 heavy (non-hydrogen) atoms. The van der Waals surface area contributed by atoms with Gasteiger partial charge in [-0.15, -0.1) is 0 Å². The first-order valence-corrected chi connectivity index (χ1v) is 6.94. The number of nitrogens with zero attached hydrogens (tertiary/aromatic N) is 2. The largest absolute Gasteiger partial charge is 0.313 e.